The predicted molar refractivity (Wildman–Crippen MR) is 62.4 cm³/mol. The molecule has 0 aromatic heterocycles. The van der Waals surface area contributed by atoms with E-state index >= 15 is 0 Å². The Hall–Kier alpha value is -1.37. The summed E-state index contributed by atoms with van der Waals surface area (Å²) >= 11 is 0. The first kappa shape index (κ1) is 10.2. The second-order valence-electron chi connectivity index (χ2n) is 4.10. The number of benzene rings is 1. The largest absolute Gasteiger partial charge is 0.299 e. The summed E-state index contributed by atoms with van der Waals surface area (Å²) < 4.78 is 0. The van der Waals surface area contributed by atoms with Crippen molar-refractivity contribution in [3.8, 4) is 0 Å². The first-order valence-electron chi connectivity index (χ1n) is 5.60. The highest BCUT2D eigenvalue weighted by Crippen LogP contribution is 2.24. The molecule has 1 nitrogen and oxygen atoms in total. The van der Waals surface area contributed by atoms with Crippen LogP contribution in [0.15, 0.2) is 36.4 Å². The van der Waals surface area contributed by atoms with Crippen LogP contribution in [0.4, 0.5) is 0 Å². The van der Waals surface area contributed by atoms with Crippen LogP contribution in [0.3, 0.4) is 0 Å². The third-order valence-electron chi connectivity index (χ3n) is 2.96. The first-order valence-corrected chi connectivity index (χ1v) is 5.60. The van der Waals surface area contributed by atoms with Crippen molar-refractivity contribution in [3.05, 3.63) is 42.0 Å². The Kier molecular flexibility index (Phi) is 3.33. The molecule has 1 atom stereocenters. The monoisotopic (exact) mass is 200 g/mol. The van der Waals surface area contributed by atoms with Crippen LogP contribution in [0.1, 0.15) is 31.2 Å². The van der Waals surface area contributed by atoms with Gasteiger partial charge >= 0.3 is 0 Å². The maximum Gasteiger partial charge on any atom is 0.136 e. The molecule has 0 saturated heterocycles. The van der Waals surface area contributed by atoms with Crippen LogP contribution < -0.4 is 0 Å². The normalized spacial score (nSPS) is 21.3. The molecule has 78 valence electrons. The van der Waals surface area contributed by atoms with Crippen molar-refractivity contribution < 1.29 is 4.79 Å². The maximum atomic E-state index is 11.4. The SMILES string of the molecule is O=C1CCC[C@H]1C/C=C/c1ccccc1. The number of ketones is 1. The van der Waals surface area contributed by atoms with Gasteiger partial charge in [0.1, 0.15) is 5.78 Å². The molecule has 0 unspecified atom stereocenters. The molecule has 0 radical (unpaired) electrons. The lowest BCUT2D eigenvalue weighted by Gasteiger charge is -2.01. The lowest BCUT2D eigenvalue weighted by atomic mass is 10.0. The van der Waals surface area contributed by atoms with Crippen molar-refractivity contribution in [1.29, 1.82) is 0 Å². The third-order valence-corrected chi connectivity index (χ3v) is 2.96. The van der Waals surface area contributed by atoms with E-state index in [1.807, 2.05) is 18.2 Å². The molecular formula is C14H16O. The van der Waals surface area contributed by atoms with E-state index in [0.29, 0.717) is 11.7 Å². The van der Waals surface area contributed by atoms with Gasteiger partial charge in [-0.25, -0.2) is 0 Å². The molecule has 1 heteroatoms. The summed E-state index contributed by atoms with van der Waals surface area (Å²) in [5.74, 6) is 0.748. The molecule has 0 spiro atoms. The fourth-order valence-corrected chi connectivity index (χ4v) is 2.07. The topological polar surface area (TPSA) is 17.1 Å². The average molecular weight is 200 g/mol. The number of hydrogen-bond donors (Lipinski definition) is 0. The van der Waals surface area contributed by atoms with Gasteiger partial charge < -0.3 is 0 Å². The van der Waals surface area contributed by atoms with Crippen LogP contribution in [0.25, 0.3) is 6.08 Å². The zero-order valence-electron chi connectivity index (χ0n) is 8.86. The van der Waals surface area contributed by atoms with Crippen LogP contribution in [0.2, 0.25) is 0 Å². The molecular weight excluding hydrogens is 184 g/mol. The Balaban J connectivity index is 1.88. The quantitative estimate of drug-likeness (QED) is 0.730. The van der Waals surface area contributed by atoms with Gasteiger partial charge in [-0.1, -0.05) is 42.5 Å². The molecule has 0 N–H and O–H groups in total. The zero-order chi connectivity index (χ0) is 10.5. The number of carbonyl (C=O) groups is 1. The van der Waals surface area contributed by atoms with Crippen LogP contribution in [0.5, 0.6) is 0 Å². The average Bonchev–Trinajstić information content (AvgIpc) is 2.66. The molecule has 1 aromatic carbocycles. The molecule has 15 heavy (non-hydrogen) atoms. The highest BCUT2D eigenvalue weighted by Gasteiger charge is 2.22. The second kappa shape index (κ2) is 4.92. The number of rotatable bonds is 3. The third kappa shape index (κ3) is 2.79. The Morgan fingerprint density at radius 2 is 2.07 bits per heavy atom. The van der Waals surface area contributed by atoms with Gasteiger partial charge in [0.25, 0.3) is 0 Å². The van der Waals surface area contributed by atoms with Gasteiger partial charge in [-0.2, -0.15) is 0 Å². The number of Topliss-reactive ketones (excluding diaryl/α,β-unsaturated/α-hetero) is 1. The summed E-state index contributed by atoms with van der Waals surface area (Å²) in [6.45, 7) is 0. The molecule has 2 rings (SSSR count). The highest BCUT2D eigenvalue weighted by atomic mass is 16.1. The van der Waals surface area contributed by atoms with Crippen molar-refractivity contribution in [2.24, 2.45) is 5.92 Å². The minimum Gasteiger partial charge on any atom is -0.299 e. The second-order valence-corrected chi connectivity index (χ2v) is 4.10. The maximum absolute atomic E-state index is 11.4. The first-order chi connectivity index (χ1) is 7.36. The number of allylic oxidation sites excluding steroid dienone is 1. The van der Waals surface area contributed by atoms with E-state index in [1.54, 1.807) is 0 Å². The Bertz CT molecular complexity index is 351. The predicted octanol–water partition coefficient (Wildman–Crippen LogP) is 3.46. The van der Waals surface area contributed by atoms with E-state index in [2.05, 4.69) is 24.3 Å². The van der Waals surface area contributed by atoms with E-state index in [1.165, 1.54) is 5.56 Å². The lowest BCUT2D eigenvalue weighted by molar-refractivity contribution is -0.120. The van der Waals surface area contributed by atoms with Crippen LogP contribution in [0, 0.1) is 5.92 Å². The fourth-order valence-electron chi connectivity index (χ4n) is 2.07. The van der Waals surface area contributed by atoms with Gasteiger partial charge in [0.2, 0.25) is 0 Å². The van der Waals surface area contributed by atoms with Crippen LogP contribution >= 0.6 is 0 Å². The van der Waals surface area contributed by atoms with E-state index in [9.17, 15) is 4.79 Å². The number of carbonyl (C=O) groups excluding carboxylic acids is 1. The zero-order valence-corrected chi connectivity index (χ0v) is 8.86. The Morgan fingerprint density at radius 1 is 1.27 bits per heavy atom. The van der Waals surface area contributed by atoms with Crippen LogP contribution in [-0.2, 0) is 4.79 Å². The lowest BCUT2D eigenvalue weighted by Crippen LogP contribution is -2.03. The van der Waals surface area contributed by atoms with Gasteiger partial charge in [0.15, 0.2) is 0 Å². The summed E-state index contributed by atoms with van der Waals surface area (Å²) in [6, 6.07) is 10.2. The van der Waals surface area contributed by atoms with Gasteiger partial charge in [-0.3, -0.25) is 4.79 Å². The summed E-state index contributed by atoms with van der Waals surface area (Å²) in [5.41, 5.74) is 1.21. The van der Waals surface area contributed by atoms with E-state index in [0.717, 1.165) is 25.7 Å². The van der Waals surface area contributed by atoms with Crippen LogP contribution in [-0.4, -0.2) is 5.78 Å². The van der Waals surface area contributed by atoms with Crippen molar-refractivity contribution >= 4 is 11.9 Å². The smallest absolute Gasteiger partial charge is 0.136 e. The molecule has 1 aromatic rings. The molecule has 0 aliphatic heterocycles. The molecule has 1 aliphatic carbocycles. The van der Waals surface area contributed by atoms with E-state index in [4.69, 9.17) is 0 Å². The van der Waals surface area contributed by atoms with Gasteiger partial charge in [-0.15, -0.1) is 0 Å². The fraction of sp³-hybridized carbons (Fsp3) is 0.357. The van der Waals surface area contributed by atoms with Crippen molar-refractivity contribution in [3.63, 3.8) is 0 Å². The highest BCUT2D eigenvalue weighted by molar-refractivity contribution is 5.83. The summed E-state index contributed by atoms with van der Waals surface area (Å²) in [5, 5.41) is 0. The van der Waals surface area contributed by atoms with Crippen molar-refractivity contribution in [2.75, 3.05) is 0 Å². The van der Waals surface area contributed by atoms with Crippen molar-refractivity contribution in [1.82, 2.24) is 0 Å². The minimum absolute atomic E-state index is 0.296. The molecule has 1 aliphatic rings. The van der Waals surface area contributed by atoms with E-state index < -0.39 is 0 Å². The summed E-state index contributed by atoms with van der Waals surface area (Å²) in [7, 11) is 0. The van der Waals surface area contributed by atoms with Gasteiger partial charge in [0.05, 0.1) is 0 Å². The number of hydrogen-bond acceptors (Lipinski definition) is 1. The molecule has 1 saturated carbocycles. The standard InChI is InChI=1S/C14H16O/c15-14-11-5-10-13(14)9-4-8-12-6-2-1-3-7-12/h1-4,6-8,13H,5,9-11H2/b8-4+/t13-/m1/s1. The molecule has 0 bridgehead atoms. The van der Waals surface area contributed by atoms with Gasteiger partial charge in [-0.05, 0) is 24.8 Å². The minimum atomic E-state index is 0.296. The molecule has 1 fully saturated rings. The van der Waals surface area contributed by atoms with Crippen molar-refractivity contribution in [2.45, 2.75) is 25.7 Å². The summed E-state index contributed by atoms with van der Waals surface area (Å²) in [6.07, 6.45) is 8.10. The summed E-state index contributed by atoms with van der Waals surface area (Å²) in [4.78, 5) is 11.4. The molecule has 0 heterocycles. The van der Waals surface area contributed by atoms with Gasteiger partial charge in [0, 0.05) is 12.3 Å². The Labute approximate surface area is 90.8 Å². The molecule has 0 amide bonds. The Morgan fingerprint density at radius 3 is 2.73 bits per heavy atom. The van der Waals surface area contributed by atoms with E-state index in [-0.39, 0.29) is 0 Å².